The Morgan fingerprint density at radius 1 is 1.08 bits per heavy atom. The van der Waals surface area contributed by atoms with Crippen molar-refractivity contribution in [2.24, 2.45) is 0 Å². The van der Waals surface area contributed by atoms with Crippen molar-refractivity contribution in [1.82, 2.24) is 15.1 Å². The molecule has 1 saturated carbocycles. The number of likely N-dealkylation sites (N-methyl/N-ethyl adjacent to an activating group) is 1. The Labute approximate surface area is 210 Å². The number of halogens is 1. The van der Waals surface area contributed by atoms with Gasteiger partial charge in [-0.2, -0.15) is 5.10 Å². The van der Waals surface area contributed by atoms with Crippen molar-refractivity contribution < 1.29 is 14.0 Å². The minimum absolute atomic E-state index is 0.122. The summed E-state index contributed by atoms with van der Waals surface area (Å²) >= 11 is 0. The predicted molar refractivity (Wildman–Crippen MR) is 140 cm³/mol. The number of H-pyrrole nitrogens is 1. The van der Waals surface area contributed by atoms with Crippen LogP contribution in [0.2, 0.25) is 0 Å². The van der Waals surface area contributed by atoms with Gasteiger partial charge < -0.3 is 15.5 Å². The summed E-state index contributed by atoms with van der Waals surface area (Å²) in [5.41, 5.74) is 3.43. The van der Waals surface area contributed by atoms with Gasteiger partial charge in [-0.05, 0) is 54.8 Å². The summed E-state index contributed by atoms with van der Waals surface area (Å²) in [5.74, 6) is 0.00279. The van der Waals surface area contributed by atoms with E-state index in [9.17, 15) is 14.0 Å². The maximum absolute atomic E-state index is 14.8. The molecule has 3 aromatic rings. The molecule has 2 amide bonds. The number of carbonyl (C=O) groups is 2. The highest BCUT2D eigenvalue weighted by molar-refractivity contribution is 5.99. The number of rotatable bonds is 11. The van der Waals surface area contributed by atoms with Crippen molar-refractivity contribution in [2.45, 2.75) is 39.0 Å². The molecule has 1 aromatic heterocycles. The third-order valence-electron chi connectivity index (χ3n) is 6.26. The molecule has 7 nitrogen and oxygen atoms in total. The molecule has 4 rings (SSSR count). The summed E-state index contributed by atoms with van der Waals surface area (Å²) in [6.07, 6.45) is 5.69. The van der Waals surface area contributed by atoms with E-state index in [0.29, 0.717) is 23.8 Å². The van der Waals surface area contributed by atoms with Gasteiger partial charge >= 0.3 is 0 Å². The van der Waals surface area contributed by atoms with Crippen molar-refractivity contribution in [3.63, 3.8) is 0 Å². The van der Waals surface area contributed by atoms with Gasteiger partial charge in [0.05, 0.1) is 12.1 Å². The predicted octanol–water partition coefficient (Wildman–Crippen LogP) is 5.11. The molecule has 1 heterocycles. The van der Waals surface area contributed by atoms with Crippen LogP contribution in [-0.2, 0) is 16.0 Å². The smallest absolute Gasteiger partial charge is 0.248 e. The molecule has 1 aliphatic carbocycles. The first-order valence-corrected chi connectivity index (χ1v) is 12.4. The lowest BCUT2D eigenvalue weighted by Gasteiger charge is -2.14. The molecule has 188 valence electrons. The average molecular weight is 490 g/mol. The van der Waals surface area contributed by atoms with Crippen molar-refractivity contribution in [3.8, 4) is 11.1 Å². The van der Waals surface area contributed by atoms with Crippen LogP contribution < -0.4 is 10.6 Å². The number of benzene rings is 2. The molecule has 1 fully saturated rings. The Morgan fingerprint density at radius 3 is 2.58 bits per heavy atom. The van der Waals surface area contributed by atoms with Gasteiger partial charge in [0.15, 0.2) is 5.82 Å². The molecule has 3 N–H and O–H groups in total. The van der Waals surface area contributed by atoms with E-state index in [1.165, 1.54) is 12.1 Å². The first-order chi connectivity index (χ1) is 17.4. The monoisotopic (exact) mass is 489 g/mol. The van der Waals surface area contributed by atoms with Crippen LogP contribution in [0, 0.1) is 5.82 Å². The number of hydrogen-bond donors (Lipinski definition) is 3. The second-order valence-electron chi connectivity index (χ2n) is 8.98. The molecule has 0 radical (unpaired) electrons. The van der Waals surface area contributed by atoms with Crippen molar-refractivity contribution >= 4 is 23.3 Å². The summed E-state index contributed by atoms with van der Waals surface area (Å²) in [4.78, 5) is 26.8. The molecule has 0 bridgehead atoms. The zero-order valence-corrected chi connectivity index (χ0v) is 20.7. The van der Waals surface area contributed by atoms with Gasteiger partial charge in [0.25, 0.3) is 0 Å². The van der Waals surface area contributed by atoms with Gasteiger partial charge in [0, 0.05) is 30.3 Å². The van der Waals surface area contributed by atoms with Gasteiger partial charge in [-0.3, -0.25) is 14.7 Å². The summed E-state index contributed by atoms with van der Waals surface area (Å²) < 4.78 is 14.8. The maximum Gasteiger partial charge on any atom is 0.248 e. The largest absolute Gasteiger partial charge is 0.320 e. The number of nitrogens with zero attached hydrogens (tertiary/aromatic N) is 2. The van der Waals surface area contributed by atoms with E-state index in [2.05, 4.69) is 39.6 Å². The lowest BCUT2D eigenvalue weighted by atomic mass is 10.0. The minimum Gasteiger partial charge on any atom is -0.320 e. The van der Waals surface area contributed by atoms with E-state index in [0.717, 1.165) is 42.8 Å². The van der Waals surface area contributed by atoms with Crippen LogP contribution in [0.4, 0.5) is 15.9 Å². The summed E-state index contributed by atoms with van der Waals surface area (Å²) in [6.45, 7) is 6.58. The molecule has 0 atom stereocenters. The molecule has 8 heteroatoms. The Balaban J connectivity index is 1.35. The van der Waals surface area contributed by atoms with Crippen molar-refractivity contribution in [3.05, 3.63) is 77.8 Å². The molecule has 2 aromatic carbocycles. The molecule has 36 heavy (non-hydrogen) atoms. The van der Waals surface area contributed by atoms with Gasteiger partial charge in [-0.15, -0.1) is 0 Å². The summed E-state index contributed by atoms with van der Waals surface area (Å²) in [7, 11) is 0. The molecule has 0 unspecified atom stereocenters. The number of aromatic amines is 1. The second-order valence-corrected chi connectivity index (χ2v) is 8.98. The third-order valence-corrected chi connectivity index (χ3v) is 6.26. The summed E-state index contributed by atoms with van der Waals surface area (Å²) in [6, 6.07) is 14.0. The van der Waals surface area contributed by atoms with Gasteiger partial charge in [0.2, 0.25) is 11.8 Å². The highest BCUT2D eigenvalue weighted by atomic mass is 19.1. The van der Waals surface area contributed by atoms with Gasteiger partial charge in [-0.25, -0.2) is 4.39 Å². The van der Waals surface area contributed by atoms with E-state index in [4.69, 9.17) is 0 Å². The number of amides is 2. The molecule has 0 aliphatic heterocycles. The second kappa shape index (κ2) is 11.8. The van der Waals surface area contributed by atoms with Crippen molar-refractivity contribution in [1.29, 1.82) is 0 Å². The first-order valence-electron chi connectivity index (χ1n) is 12.4. The van der Waals surface area contributed by atoms with Crippen LogP contribution >= 0.6 is 0 Å². The highest BCUT2D eigenvalue weighted by Gasteiger charge is 2.25. The Bertz CT molecular complexity index is 1240. The standard InChI is InChI=1S/C28H32FN5O2/c1-3-34(4-2)14-6-9-27(35)30-24-13-12-22(17-23(24)29)21-8-5-7-19(15-21)16-28(36)31-26-18-25(32-33-26)20-10-11-20/h5-9,12-13,15,17-18,20H,3-4,10-11,14,16H2,1-2H3,(H,30,35)(H2,31,32,33,36)/b9-6+. The topological polar surface area (TPSA) is 90.1 Å². The van der Waals surface area contributed by atoms with Crippen LogP contribution in [-0.4, -0.2) is 46.5 Å². The van der Waals surface area contributed by atoms with E-state index in [-0.39, 0.29) is 23.9 Å². The van der Waals surface area contributed by atoms with Crippen LogP contribution in [0.25, 0.3) is 11.1 Å². The van der Waals surface area contributed by atoms with Crippen LogP contribution in [0.1, 0.15) is 43.9 Å². The fourth-order valence-electron chi connectivity index (χ4n) is 4.00. The molecule has 0 spiro atoms. The third kappa shape index (κ3) is 6.88. The van der Waals surface area contributed by atoms with E-state index >= 15 is 0 Å². The number of aromatic nitrogens is 2. The zero-order valence-electron chi connectivity index (χ0n) is 20.7. The van der Waals surface area contributed by atoms with Crippen LogP contribution in [0.5, 0.6) is 0 Å². The SMILES string of the molecule is CCN(CC)C/C=C/C(=O)Nc1ccc(-c2cccc(CC(=O)Nc3cc(C4CC4)[nH]n3)c2)cc1F. The highest BCUT2D eigenvalue weighted by Crippen LogP contribution is 2.39. The van der Waals surface area contributed by atoms with E-state index in [1.54, 1.807) is 18.2 Å². The quantitative estimate of drug-likeness (QED) is 0.327. The Morgan fingerprint density at radius 2 is 1.86 bits per heavy atom. The lowest BCUT2D eigenvalue weighted by Crippen LogP contribution is -2.23. The fourth-order valence-corrected chi connectivity index (χ4v) is 4.00. The fraction of sp³-hybridized carbons (Fsp3) is 0.321. The number of carbonyl (C=O) groups excluding carboxylic acids is 2. The lowest BCUT2D eigenvalue weighted by molar-refractivity contribution is -0.115. The van der Waals surface area contributed by atoms with Gasteiger partial charge in [0.1, 0.15) is 5.82 Å². The number of anilines is 2. The zero-order chi connectivity index (χ0) is 25.5. The molecular weight excluding hydrogens is 457 g/mol. The normalized spacial score (nSPS) is 13.3. The molecule has 1 aliphatic rings. The summed E-state index contributed by atoms with van der Waals surface area (Å²) in [5, 5.41) is 12.6. The Kier molecular flexibility index (Phi) is 8.28. The Hall–Kier alpha value is -3.78. The average Bonchev–Trinajstić information content (AvgIpc) is 3.62. The van der Waals surface area contributed by atoms with Gasteiger partial charge in [-0.1, -0.05) is 50.3 Å². The number of nitrogens with one attached hydrogen (secondary N) is 3. The minimum atomic E-state index is -0.522. The molecule has 0 saturated heterocycles. The van der Waals surface area contributed by atoms with E-state index in [1.807, 2.05) is 30.3 Å². The van der Waals surface area contributed by atoms with Crippen LogP contribution in [0.15, 0.2) is 60.7 Å². The number of hydrogen-bond acceptors (Lipinski definition) is 4. The molecular formula is C28H32FN5O2. The van der Waals surface area contributed by atoms with Crippen LogP contribution in [0.3, 0.4) is 0 Å². The van der Waals surface area contributed by atoms with E-state index < -0.39 is 5.82 Å². The first kappa shape index (κ1) is 25.3. The van der Waals surface area contributed by atoms with Crippen molar-refractivity contribution in [2.75, 3.05) is 30.3 Å². The maximum atomic E-state index is 14.8.